The van der Waals surface area contributed by atoms with Crippen LogP contribution >= 0.6 is 24.4 Å². The summed E-state index contributed by atoms with van der Waals surface area (Å²) in [6.07, 6.45) is 0. The molecule has 382 valence electrons. The molecule has 12 N–H and O–H groups in total. The van der Waals surface area contributed by atoms with Gasteiger partial charge in [-0.2, -0.15) is 27.1 Å². The molecule has 29 nitrogen and oxygen atoms in total. The Kier molecular flexibility index (Phi) is 17.3. The SMILES string of the molecule is COc1cc(N=Nc2ccc(NS(=O)(=O)c3ccc(N=Nc4c(S(=O)(=O)O)cc5c(SOOO)cc(N=Nc6ccc(S(=O)(=O)CCOSOOO)cc6S(=O)(=O)O)c(N)c5c4O)cc3)cc2)c(N)cc1N. The van der Waals surface area contributed by atoms with Crippen LogP contribution in [0.25, 0.3) is 10.8 Å². The van der Waals surface area contributed by atoms with E-state index in [4.69, 9.17) is 36.6 Å². The van der Waals surface area contributed by atoms with E-state index in [9.17, 15) is 47.9 Å². The number of benzene rings is 6. The van der Waals surface area contributed by atoms with Gasteiger partial charge in [0.1, 0.15) is 38.3 Å². The number of anilines is 4. The lowest BCUT2D eigenvalue weighted by Crippen LogP contribution is -2.12. The number of ether oxygens (including phenoxy) is 1. The molecule has 0 saturated carbocycles. The van der Waals surface area contributed by atoms with Crippen LogP contribution in [0.5, 0.6) is 11.5 Å². The summed E-state index contributed by atoms with van der Waals surface area (Å²) < 4.78 is 143. The summed E-state index contributed by atoms with van der Waals surface area (Å²) >= 11 is 0.271. The van der Waals surface area contributed by atoms with E-state index < -0.39 is 101 Å². The van der Waals surface area contributed by atoms with Crippen molar-refractivity contribution in [2.75, 3.05) is 41.4 Å². The highest BCUT2D eigenvalue weighted by atomic mass is 32.2. The van der Waals surface area contributed by atoms with Crippen LogP contribution in [0.2, 0.25) is 0 Å². The molecule has 0 spiro atoms. The number of fused-ring (bicyclic) bond motifs is 1. The summed E-state index contributed by atoms with van der Waals surface area (Å²) in [5.74, 6) is -1.48. The summed E-state index contributed by atoms with van der Waals surface area (Å²) in [5, 5.41) is 58.3. The Morgan fingerprint density at radius 1 is 0.639 bits per heavy atom. The van der Waals surface area contributed by atoms with Crippen molar-refractivity contribution in [3.05, 3.63) is 91.0 Å². The van der Waals surface area contributed by atoms with E-state index in [0.717, 1.165) is 36.4 Å². The van der Waals surface area contributed by atoms with E-state index in [1.807, 2.05) is 0 Å². The smallest absolute Gasteiger partial charge is 0.296 e. The van der Waals surface area contributed by atoms with Crippen LogP contribution in [-0.2, 0) is 63.0 Å². The molecule has 0 bridgehead atoms. The van der Waals surface area contributed by atoms with Crippen molar-refractivity contribution in [3.63, 3.8) is 0 Å². The Morgan fingerprint density at radius 2 is 1.24 bits per heavy atom. The number of rotatable bonds is 22. The van der Waals surface area contributed by atoms with Crippen molar-refractivity contribution in [1.29, 1.82) is 0 Å². The molecule has 6 aromatic rings. The lowest BCUT2D eigenvalue weighted by atomic mass is 10.0. The fourth-order valence-electron chi connectivity index (χ4n) is 6.01. The van der Waals surface area contributed by atoms with E-state index in [2.05, 4.69) is 54.2 Å². The van der Waals surface area contributed by atoms with E-state index >= 15 is 0 Å². The summed E-state index contributed by atoms with van der Waals surface area (Å²) in [6.45, 7) is -0.540. The van der Waals surface area contributed by atoms with Crippen molar-refractivity contribution in [2.45, 2.75) is 24.5 Å². The third kappa shape index (κ3) is 13.2. The van der Waals surface area contributed by atoms with Crippen molar-refractivity contribution in [2.24, 2.45) is 30.7 Å². The Balaban J connectivity index is 1.29. The van der Waals surface area contributed by atoms with Crippen molar-refractivity contribution in [1.82, 2.24) is 0 Å². The molecule has 0 saturated heterocycles. The predicted molar refractivity (Wildman–Crippen MR) is 255 cm³/mol. The summed E-state index contributed by atoms with van der Waals surface area (Å²) in [7, 11) is -17.6. The maximum atomic E-state index is 13.3. The number of nitrogen functional groups attached to an aromatic ring is 3. The third-order valence-corrected chi connectivity index (χ3v) is 15.2. The van der Waals surface area contributed by atoms with Gasteiger partial charge in [-0.15, -0.1) is 29.1 Å². The quantitative estimate of drug-likeness (QED) is 0.00590. The zero-order chi connectivity index (χ0) is 52.6. The van der Waals surface area contributed by atoms with Gasteiger partial charge in [0, 0.05) is 22.0 Å². The number of phenolic OH excluding ortho intramolecular Hbond substituents is 1. The molecule has 0 aliphatic rings. The van der Waals surface area contributed by atoms with Gasteiger partial charge in [0.25, 0.3) is 30.3 Å². The van der Waals surface area contributed by atoms with Crippen LogP contribution in [0, 0.1) is 0 Å². The average Bonchev–Trinajstić information content (AvgIpc) is 3.32. The second kappa shape index (κ2) is 22.8. The number of phenols is 1. The molecule has 0 fully saturated rings. The molecule has 35 heteroatoms. The molecule has 0 atom stereocenters. The molecular weight excluding hydrogens is 1080 g/mol. The van der Waals surface area contributed by atoms with Gasteiger partial charge in [-0.1, -0.05) is 10.1 Å². The Hall–Kier alpha value is -6.68. The van der Waals surface area contributed by atoms with Crippen molar-refractivity contribution < 1.29 is 86.1 Å². The Labute approximate surface area is 415 Å². The average molecular weight is 1120 g/mol. The van der Waals surface area contributed by atoms with Crippen LogP contribution in [-0.4, -0.2) is 77.9 Å². The molecule has 72 heavy (non-hydrogen) atoms. The van der Waals surface area contributed by atoms with Gasteiger partial charge in [-0.3, -0.25) is 18.0 Å². The van der Waals surface area contributed by atoms with Gasteiger partial charge in [0.15, 0.2) is 27.9 Å². The minimum atomic E-state index is -5.27. The minimum Gasteiger partial charge on any atom is -0.505 e. The van der Waals surface area contributed by atoms with Crippen LogP contribution in [0.3, 0.4) is 0 Å². The number of nitrogens with zero attached hydrogens (tertiary/aromatic N) is 6. The van der Waals surface area contributed by atoms with Crippen LogP contribution in [0.4, 0.5) is 56.9 Å². The first-order valence-corrected chi connectivity index (χ1v) is 26.5. The standard InChI is InChI=1S/C37H34N10O19S6/c1-61-30-17-28(25(38)16-26(30)39)44-41-19-2-4-21(5-3-19)47-70(53,54)22-8-6-20(7-9-22)42-46-36-33(72(58,59)60)15-24-31(67-65-63-49)18-29(35(40)34(24)37(36)48)45-43-27-11-10-23(14-32(27)71(55,56)57)69(51,52)13-12-62-68-66-64-50/h2-11,14-18,47-50H,12-13,38-40H2,1H3,(H,55,56,57)(H,58,59,60). The van der Waals surface area contributed by atoms with Gasteiger partial charge < -0.3 is 27.0 Å². The van der Waals surface area contributed by atoms with E-state index in [1.165, 1.54) is 55.6 Å². The van der Waals surface area contributed by atoms with Gasteiger partial charge in [0.05, 0.1) is 75.1 Å². The van der Waals surface area contributed by atoms with Crippen LogP contribution in [0.1, 0.15) is 0 Å². The number of methoxy groups -OCH3 is 1. The Bertz CT molecular complexity index is 3570. The monoisotopic (exact) mass is 1110 g/mol. The summed E-state index contributed by atoms with van der Waals surface area (Å²) in [6, 6.07) is 17.5. The van der Waals surface area contributed by atoms with Crippen LogP contribution < -0.4 is 26.7 Å². The molecule has 0 amide bonds. The number of hydrogen-bond donors (Lipinski definition) is 9. The molecule has 0 heterocycles. The van der Waals surface area contributed by atoms with Crippen LogP contribution in [0.15, 0.2) is 146 Å². The minimum absolute atomic E-state index is 0.0879. The number of hydrogen-bond acceptors (Lipinski definition) is 28. The number of nitrogens with one attached hydrogen (secondary N) is 1. The highest BCUT2D eigenvalue weighted by molar-refractivity contribution is 7.95. The maximum absolute atomic E-state index is 13.3. The second-order valence-electron chi connectivity index (χ2n) is 13.9. The lowest BCUT2D eigenvalue weighted by molar-refractivity contribution is -0.434. The first-order valence-electron chi connectivity index (χ1n) is 19.0. The van der Waals surface area contributed by atoms with Gasteiger partial charge in [-0.25, -0.2) is 27.4 Å². The normalized spacial score (nSPS) is 12.7. The topological polar surface area (TPSA) is 457 Å². The molecular formula is C37H34N10O19S6. The molecule has 6 aromatic carbocycles. The third-order valence-electron chi connectivity index (χ3n) is 9.31. The van der Waals surface area contributed by atoms with Crippen molar-refractivity contribution >= 4 is 132 Å². The molecule has 0 aliphatic carbocycles. The van der Waals surface area contributed by atoms with Gasteiger partial charge in [-0.05, 0) is 84.9 Å². The zero-order valence-electron chi connectivity index (χ0n) is 35.9. The summed E-state index contributed by atoms with van der Waals surface area (Å²) in [5.41, 5.74) is 16.9. The van der Waals surface area contributed by atoms with E-state index in [0.29, 0.717) is 23.2 Å². The zero-order valence-corrected chi connectivity index (χ0v) is 40.8. The van der Waals surface area contributed by atoms with Gasteiger partial charge >= 0.3 is 0 Å². The fraction of sp³-hybridized carbons (Fsp3) is 0.0811. The van der Waals surface area contributed by atoms with Crippen molar-refractivity contribution in [3.8, 4) is 11.5 Å². The van der Waals surface area contributed by atoms with E-state index in [1.54, 1.807) is 0 Å². The fourth-order valence-corrected chi connectivity index (χ4v) is 10.4. The summed E-state index contributed by atoms with van der Waals surface area (Å²) in [4.78, 5) is -3.23. The number of sulfonamides is 1. The largest absolute Gasteiger partial charge is 0.505 e. The number of nitrogens with two attached hydrogens (primary N) is 3. The van der Waals surface area contributed by atoms with E-state index in [-0.39, 0.29) is 62.3 Å². The molecule has 0 radical (unpaired) electrons. The number of azo groups is 3. The predicted octanol–water partition coefficient (Wildman–Crippen LogP) is 8.04. The number of aromatic hydroxyl groups is 1. The highest BCUT2D eigenvalue weighted by Crippen LogP contribution is 2.49. The number of sulfone groups is 1. The molecule has 0 unspecified atom stereocenters. The second-order valence-corrected chi connectivity index (χ2v) is 21.7. The maximum Gasteiger partial charge on any atom is 0.296 e. The highest BCUT2D eigenvalue weighted by Gasteiger charge is 2.27. The van der Waals surface area contributed by atoms with Gasteiger partial charge in [0.2, 0.25) is 0 Å². The molecule has 0 aromatic heterocycles. The first kappa shape index (κ1) is 54.6. The lowest BCUT2D eigenvalue weighted by Gasteiger charge is -2.14. The molecule has 6 rings (SSSR count). The molecule has 0 aliphatic heterocycles. The first-order chi connectivity index (χ1) is 34.0. The Morgan fingerprint density at radius 3 is 1.86 bits per heavy atom.